The van der Waals surface area contributed by atoms with Gasteiger partial charge in [0.25, 0.3) is 5.56 Å². The Morgan fingerprint density at radius 3 is 2.80 bits per heavy atom. The fraction of sp³-hybridized carbons (Fsp3) is 0.462. The maximum atomic E-state index is 12.0. The monoisotopic (exact) mass is 295 g/mol. The Kier molecular flexibility index (Phi) is 3.66. The number of hydrogen-bond donors (Lipinski definition) is 1. The van der Waals surface area contributed by atoms with E-state index in [1.54, 1.807) is 30.2 Å². The summed E-state index contributed by atoms with van der Waals surface area (Å²) in [5, 5.41) is 11.1. The van der Waals surface area contributed by atoms with Crippen molar-refractivity contribution in [2.75, 3.05) is 7.05 Å². The Balaban J connectivity index is 2.36. The van der Waals surface area contributed by atoms with E-state index in [1.165, 1.54) is 17.4 Å². The minimum Gasteiger partial charge on any atom is -0.480 e. The number of hydrogen-bond acceptors (Lipinski definition) is 5. The smallest absolute Gasteiger partial charge is 0.323 e. The van der Waals surface area contributed by atoms with Gasteiger partial charge in [-0.05, 0) is 27.8 Å². The number of carboxylic acid groups (broad SMARTS) is 1. The van der Waals surface area contributed by atoms with Crippen LogP contribution in [-0.4, -0.2) is 37.9 Å². The van der Waals surface area contributed by atoms with Gasteiger partial charge in [0.2, 0.25) is 0 Å². The van der Waals surface area contributed by atoms with E-state index in [4.69, 9.17) is 0 Å². The zero-order chi connectivity index (χ0) is 15.1. The fourth-order valence-corrected chi connectivity index (χ4v) is 2.68. The van der Waals surface area contributed by atoms with E-state index in [1.807, 2.05) is 12.3 Å². The Hall–Kier alpha value is -1.73. The van der Waals surface area contributed by atoms with Crippen LogP contribution in [0.25, 0.3) is 4.96 Å². The summed E-state index contributed by atoms with van der Waals surface area (Å²) in [5.74, 6) is -0.912. The highest BCUT2D eigenvalue weighted by molar-refractivity contribution is 7.15. The first kappa shape index (κ1) is 14.7. The fourth-order valence-electron chi connectivity index (χ4n) is 1.79. The number of carboxylic acids is 1. The van der Waals surface area contributed by atoms with E-state index < -0.39 is 11.5 Å². The van der Waals surface area contributed by atoms with Crippen molar-refractivity contribution >= 4 is 22.3 Å². The Labute approximate surface area is 120 Å². The first-order valence-electron chi connectivity index (χ1n) is 6.15. The topological polar surface area (TPSA) is 74.9 Å². The lowest BCUT2D eigenvalue weighted by molar-refractivity contribution is -0.148. The second-order valence-electron chi connectivity index (χ2n) is 5.30. The molecule has 2 rings (SSSR count). The summed E-state index contributed by atoms with van der Waals surface area (Å²) in [4.78, 5) is 30.0. The molecule has 1 N–H and O–H groups in total. The molecule has 2 heterocycles. The summed E-state index contributed by atoms with van der Waals surface area (Å²) in [7, 11) is 1.71. The van der Waals surface area contributed by atoms with Crippen LogP contribution in [0, 0.1) is 6.92 Å². The van der Waals surface area contributed by atoms with Crippen molar-refractivity contribution in [3.63, 3.8) is 0 Å². The van der Waals surface area contributed by atoms with Gasteiger partial charge in [-0.1, -0.05) is 0 Å². The summed E-state index contributed by atoms with van der Waals surface area (Å²) in [6.07, 6.45) is 0. The minimum atomic E-state index is -1.02. The van der Waals surface area contributed by atoms with E-state index in [0.717, 1.165) is 5.69 Å². The molecular weight excluding hydrogens is 278 g/mol. The molecule has 6 nitrogen and oxygen atoms in total. The summed E-state index contributed by atoms with van der Waals surface area (Å²) in [5.41, 5.74) is 0.283. The molecule has 0 spiro atoms. The van der Waals surface area contributed by atoms with E-state index in [2.05, 4.69) is 4.98 Å². The number of likely N-dealkylation sites (N-methyl/N-ethyl adjacent to an activating group) is 1. The van der Waals surface area contributed by atoms with Crippen LogP contribution in [0.4, 0.5) is 0 Å². The van der Waals surface area contributed by atoms with Gasteiger partial charge in [0, 0.05) is 23.7 Å². The molecule has 0 aliphatic heterocycles. The highest BCUT2D eigenvalue weighted by atomic mass is 32.1. The van der Waals surface area contributed by atoms with Crippen LogP contribution in [-0.2, 0) is 11.3 Å². The van der Waals surface area contributed by atoms with Gasteiger partial charge in [-0.3, -0.25) is 18.9 Å². The van der Waals surface area contributed by atoms with Crippen LogP contribution in [0.5, 0.6) is 0 Å². The molecule has 0 saturated carbocycles. The zero-order valence-electron chi connectivity index (χ0n) is 11.9. The predicted octanol–water partition coefficient (Wildman–Crippen LogP) is 1.36. The molecular formula is C13H17N3O3S. The molecule has 0 radical (unpaired) electrons. The number of aliphatic carboxylic acids is 1. The number of nitrogens with zero attached hydrogens (tertiary/aromatic N) is 3. The van der Waals surface area contributed by atoms with Gasteiger partial charge in [-0.15, -0.1) is 11.3 Å². The molecule has 0 bridgehead atoms. The van der Waals surface area contributed by atoms with Crippen molar-refractivity contribution in [2.24, 2.45) is 0 Å². The maximum Gasteiger partial charge on any atom is 0.323 e. The average Bonchev–Trinajstić information content (AvgIpc) is 2.71. The number of fused-ring (bicyclic) bond motifs is 1. The lowest BCUT2D eigenvalue weighted by Crippen LogP contribution is -2.47. The summed E-state index contributed by atoms with van der Waals surface area (Å²) in [6, 6.07) is 1.46. The summed E-state index contributed by atoms with van der Waals surface area (Å²) >= 11 is 1.40. The van der Waals surface area contributed by atoms with Gasteiger partial charge >= 0.3 is 5.97 Å². The van der Waals surface area contributed by atoms with Crippen LogP contribution in [0.3, 0.4) is 0 Å². The largest absolute Gasteiger partial charge is 0.480 e. The van der Waals surface area contributed by atoms with Crippen LogP contribution in [0.2, 0.25) is 0 Å². The molecule has 108 valence electrons. The van der Waals surface area contributed by atoms with E-state index in [0.29, 0.717) is 17.2 Å². The third-order valence-electron chi connectivity index (χ3n) is 3.51. The number of aromatic nitrogens is 2. The third-order valence-corrected chi connectivity index (χ3v) is 4.45. The van der Waals surface area contributed by atoms with E-state index in [-0.39, 0.29) is 5.56 Å². The van der Waals surface area contributed by atoms with Crippen molar-refractivity contribution < 1.29 is 9.90 Å². The van der Waals surface area contributed by atoms with Gasteiger partial charge < -0.3 is 5.11 Å². The zero-order valence-corrected chi connectivity index (χ0v) is 12.7. The van der Waals surface area contributed by atoms with Gasteiger partial charge in [-0.2, -0.15) is 0 Å². The highest BCUT2D eigenvalue weighted by Gasteiger charge is 2.32. The van der Waals surface area contributed by atoms with E-state index >= 15 is 0 Å². The Morgan fingerprint density at radius 2 is 2.20 bits per heavy atom. The van der Waals surface area contributed by atoms with Crippen molar-refractivity contribution in [3.8, 4) is 0 Å². The van der Waals surface area contributed by atoms with Gasteiger partial charge in [0.1, 0.15) is 5.54 Å². The van der Waals surface area contributed by atoms with Crippen LogP contribution >= 0.6 is 11.3 Å². The first-order valence-corrected chi connectivity index (χ1v) is 7.03. The summed E-state index contributed by atoms with van der Waals surface area (Å²) in [6.45, 7) is 5.40. The highest BCUT2D eigenvalue weighted by Crippen LogP contribution is 2.16. The second kappa shape index (κ2) is 4.99. The minimum absolute atomic E-state index is 0.134. The number of carbonyl (C=O) groups is 1. The number of aryl methyl sites for hydroxylation is 1. The van der Waals surface area contributed by atoms with E-state index in [9.17, 15) is 14.7 Å². The molecule has 7 heteroatoms. The maximum absolute atomic E-state index is 12.0. The van der Waals surface area contributed by atoms with Gasteiger partial charge in [0.15, 0.2) is 4.96 Å². The lowest BCUT2D eigenvalue weighted by Gasteiger charge is -2.30. The molecule has 0 aliphatic carbocycles. The quantitative estimate of drug-likeness (QED) is 0.922. The molecule has 2 aromatic heterocycles. The molecule has 0 fully saturated rings. The molecule has 0 atom stereocenters. The van der Waals surface area contributed by atoms with Crippen LogP contribution in [0.15, 0.2) is 16.2 Å². The normalized spacial score (nSPS) is 12.2. The average molecular weight is 295 g/mol. The molecule has 0 saturated heterocycles. The molecule has 20 heavy (non-hydrogen) atoms. The van der Waals surface area contributed by atoms with Crippen molar-refractivity contribution in [1.29, 1.82) is 0 Å². The molecule has 0 amide bonds. The standard InChI is InChI=1S/C13H17N3O3S/c1-8-7-20-12-14-9(5-10(17)16(8)12)6-15(4)13(2,3)11(18)19/h5,7H,6H2,1-4H3,(H,18,19). The summed E-state index contributed by atoms with van der Waals surface area (Å²) < 4.78 is 1.55. The lowest BCUT2D eigenvalue weighted by atomic mass is 10.0. The van der Waals surface area contributed by atoms with Crippen molar-refractivity contribution in [1.82, 2.24) is 14.3 Å². The van der Waals surface area contributed by atoms with Gasteiger partial charge in [0.05, 0.1) is 5.69 Å². The molecule has 0 aromatic carbocycles. The second-order valence-corrected chi connectivity index (χ2v) is 6.14. The number of rotatable bonds is 4. The Morgan fingerprint density at radius 1 is 1.55 bits per heavy atom. The van der Waals surface area contributed by atoms with Crippen molar-refractivity contribution in [3.05, 3.63) is 33.2 Å². The first-order chi connectivity index (χ1) is 9.23. The van der Waals surface area contributed by atoms with Crippen LogP contribution in [0.1, 0.15) is 25.2 Å². The van der Waals surface area contributed by atoms with Gasteiger partial charge in [-0.25, -0.2) is 4.98 Å². The molecule has 0 unspecified atom stereocenters. The third kappa shape index (κ3) is 2.46. The molecule has 2 aromatic rings. The van der Waals surface area contributed by atoms with Crippen molar-refractivity contribution in [2.45, 2.75) is 32.9 Å². The number of thiazole rings is 1. The Bertz CT molecular complexity index is 717. The van der Waals surface area contributed by atoms with Crippen LogP contribution < -0.4 is 5.56 Å². The SMILES string of the molecule is Cc1csc2nc(CN(C)C(C)(C)C(=O)O)cc(=O)n12. The molecule has 0 aliphatic rings. The predicted molar refractivity (Wildman–Crippen MR) is 77.3 cm³/mol.